The van der Waals surface area contributed by atoms with Gasteiger partial charge in [0.15, 0.2) is 6.67 Å². The van der Waals surface area contributed by atoms with Crippen LogP contribution in [-0.4, -0.2) is 91.9 Å². The second kappa shape index (κ2) is 10.7. The predicted molar refractivity (Wildman–Crippen MR) is 81.4 cm³/mol. The fraction of sp³-hybridized carbons (Fsp3) is 1.00. The van der Waals surface area contributed by atoms with Gasteiger partial charge in [0, 0.05) is 0 Å². The van der Waals surface area contributed by atoms with Crippen LogP contribution in [0.3, 0.4) is 0 Å². The van der Waals surface area contributed by atoms with Crippen LogP contribution in [0.2, 0.25) is 0 Å². The van der Waals surface area contributed by atoms with Crippen LogP contribution in [-0.2, 0) is 14.3 Å². The minimum Gasteiger partial charge on any atom is -0.245 e. The molecule has 0 saturated carbocycles. The molecule has 0 spiro atoms. The van der Waals surface area contributed by atoms with E-state index >= 15 is 0 Å². The fourth-order valence-corrected chi connectivity index (χ4v) is 3.34. The van der Waals surface area contributed by atoms with Crippen LogP contribution in [0.25, 0.3) is 0 Å². The fourth-order valence-electron chi connectivity index (χ4n) is 2.30. The van der Waals surface area contributed by atoms with Crippen molar-refractivity contribution in [2.24, 2.45) is 0 Å². The van der Waals surface area contributed by atoms with E-state index in [1.54, 1.807) is 0 Å². The van der Waals surface area contributed by atoms with Crippen LogP contribution < -0.4 is 0 Å². The molecule has 32 heteroatoms. The average Bonchev–Trinajstić information content (AvgIpc) is 2.80. The molecule has 278 valence electrons. The van der Waals surface area contributed by atoms with Gasteiger partial charge >= 0.3 is 86.9 Å². The molecule has 0 heterocycles. The van der Waals surface area contributed by atoms with Crippen molar-refractivity contribution in [2.45, 2.75) is 76.8 Å². The van der Waals surface area contributed by atoms with Gasteiger partial charge in [0.2, 0.25) is 0 Å². The van der Waals surface area contributed by atoms with E-state index in [1.165, 1.54) is 4.18 Å². The molecule has 0 radical (unpaired) electrons. The lowest BCUT2D eigenvalue weighted by molar-refractivity contribution is -0.458. The number of rotatable bonds is 13. The van der Waals surface area contributed by atoms with Gasteiger partial charge in [-0.25, -0.2) is 13.0 Å². The second-order valence-corrected chi connectivity index (χ2v) is 9.67. The Morgan fingerprint density at radius 1 is 0.348 bits per heavy atom. The van der Waals surface area contributed by atoms with Gasteiger partial charge in [0.1, 0.15) is 0 Å². The number of hydrogen-bond donors (Lipinski definition) is 0. The molecule has 1 unspecified atom stereocenters. The van der Waals surface area contributed by atoms with E-state index in [-0.39, 0.29) is 0 Å². The predicted octanol–water partition coefficient (Wildman–Crippen LogP) is 8.40. The van der Waals surface area contributed by atoms with E-state index in [4.69, 9.17) is 0 Å². The molecule has 0 aliphatic carbocycles. The highest BCUT2D eigenvalue weighted by Crippen LogP contribution is 2.65. The highest BCUT2D eigenvalue weighted by molar-refractivity contribution is 7.87. The molecule has 0 bridgehead atoms. The van der Waals surface area contributed by atoms with Crippen LogP contribution in [0, 0.1) is 0 Å². The molecule has 0 aromatic rings. The SMILES string of the molecule is O=S(=O)(OC(F)(CF)C(F)(F)C(F)(F)C(F)(F)C(F)(F)F)C(F)(F)C(F)(F)C(F)(F)C(F)(F)C(F)(F)C(F)(F)C(F)(F)C(F)(F)F. The summed E-state index contributed by atoms with van der Waals surface area (Å²) in [5.41, 5.74) is 0. The summed E-state index contributed by atoms with van der Waals surface area (Å²) >= 11 is 0. The lowest BCUT2D eigenvalue weighted by Gasteiger charge is -2.43. The molecule has 0 fully saturated rings. The summed E-state index contributed by atoms with van der Waals surface area (Å²) < 4.78 is 390. The quantitative estimate of drug-likeness (QED) is 0.139. The van der Waals surface area contributed by atoms with Crippen molar-refractivity contribution in [1.29, 1.82) is 0 Å². The van der Waals surface area contributed by atoms with E-state index in [0.717, 1.165) is 0 Å². The first-order valence-electron chi connectivity index (χ1n) is 9.38. The average molecular weight is 782 g/mol. The topological polar surface area (TPSA) is 43.4 Å². The van der Waals surface area contributed by atoms with Gasteiger partial charge in [-0.1, -0.05) is 0 Å². The Bertz CT molecular complexity index is 1220. The van der Waals surface area contributed by atoms with E-state index in [9.17, 15) is 131 Å². The minimum atomic E-state index is -9.70. The van der Waals surface area contributed by atoms with Gasteiger partial charge in [-0.15, -0.1) is 0 Å². The summed E-state index contributed by atoms with van der Waals surface area (Å²) in [6, 6.07) is 0. The van der Waals surface area contributed by atoms with E-state index in [1.807, 2.05) is 0 Å². The third kappa shape index (κ3) is 5.32. The smallest absolute Gasteiger partial charge is 0.245 e. The monoisotopic (exact) mass is 782 g/mol. The number of halogens is 28. The zero-order valence-electron chi connectivity index (χ0n) is 19.4. The zero-order valence-corrected chi connectivity index (χ0v) is 20.2. The summed E-state index contributed by atoms with van der Waals surface area (Å²) in [5, 5.41) is -9.14. The molecule has 0 saturated heterocycles. The normalized spacial score (nSPS) is 18.1. The maximum atomic E-state index is 14.0. The molecule has 3 nitrogen and oxygen atoms in total. The van der Waals surface area contributed by atoms with E-state index in [2.05, 4.69) is 0 Å². The van der Waals surface area contributed by atoms with Gasteiger partial charge in [-0.2, -0.15) is 123 Å². The van der Waals surface area contributed by atoms with Crippen LogP contribution in [0.1, 0.15) is 0 Å². The minimum absolute atomic E-state index is 1.33. The van der Waals surface area contributed by atoms with Crippen molar-refractivity contribution >= 4 is 10.1 Å². The molecular weight excluding hydrogens is 780 g/mol. The highest BCUT2D eigenvalue weighted by atomic mass is 32.2. The Kier molecular flexibility index (Phi) is 10.2. The highest BCUT2D eigenvalue weighted by Gasteiger charge is 2.97. The molecule has 1 atom stereocenters. The van der Waals surface area contributed by atoms with E-state index in [0.29, 0.717) is 0 Å². The Morgan fingerprint density at radius 2 is 0.565 bits per heavy atom. The number of hydrogen-bond acceptors (Lipinski definition) is 3. The van der Waals surface area contributed by atoms with Crippen molar-refractivity contribution in [3.63, 3.8) is 0 Å². The Morgan fingerprint density at radius 3 is 0.804 bits per heavy atom. The van der Waals surface area contributed by atoms with Gasteiger partial charge in [0.05, 0.1) is 0 Å². The van der Waals surface area contributed by atoms with Crippen molar-refractivity contribution in [3.8, 4) is 0 Å². The molecule has 0 aromatic heterocycles. The Hall–Kier alpha value is -2.05. The van der Waals surface area contributed by atoms with Crippen molar-refractivity contribution in [2.75, 3.05) is 6.67 Å². The summed E-state index contributed by atoms with van der Waals surface area (Å²) in [5.74, 6) is -89.7. The third-order valence-electron chi connectivity index (χ3n) is 5.03. The molecule has 0 aliphatic rings. The van der Waals surface area contributed by atoms with Gasteiger partial charge in [-0.05, 0) is 0 Å². The molecule has 0 N–H and O–H groups in total. The summed E-state index contributed by atoms with van der Waals surface area (Å²) in [4.78, 5) is 0. The van der Waals surface area contributed by atoms with Crippen LogP contribution in [0.15, 0.2) is 0 Å². The molecule has 46 heavy (non-hydrogen) atoms. The molecule has 0 aliphatic heterocycles. The Balaban J connectivity index is 7.37. The largest absolute Gasteiger partial charge is 0.460 e. The maximum Gasteiger partial charge on any atom is 0.460 e. The first kappa shape index (κ1) is 43.9. The maximum absolute atomic E-state index is 14.0. The van der Waals surface area contributed by atoms with E-state index < -0.39 is 93.6 Å². The first-order chi connectivity index (χ1) is 19.3. The van der Waals surface area contributed by atoms with Gasteiger partial charge in [0.25, 0.3) is 0 Å². The first-order valence-corrected chi connectivity index (χ1v) is 10.8. The van der Waals surface area contributed by atoms with Crippen LogP contribution >= 0.6 is 0 Å². The second-order valence-electron chi connectivity index (χ2n) is 8.08. The van der Waals surface area contributed by atoms with Gasteiger partial charge < -0.3 is 0 Å². The lowest BCUT2D eigenvalue weighted by Crippen LogP contribution is -2.75. The standard InChI is InChI=1S/C14H2F28O3S/c15-1-2(16,3(17,18)4(19,20)9(29,30)12(35,36)37)45-46(43,44)14(41,42)11(33,34)8(27,28)6(23,24)5(21,22)7(25,26)10(31,32)13(38,39)40/h1H2. The summed E-state index contributed by atoms with van der Waals surface area (Å²) in [6.07, 6.45) is -16.3. The Labute approximate surface area is 230 Å². The van der Waals surface area contributed by atoms with Crippen molar-refractivity contribution < 1.29 is 136 Å². The van der Waals surface area contributed by atoms with Gasteiger partial charge in [-0.3, -0.25) is 0 Å². The van der Waals surface area contributed by atoms with Crippen LogP contribution in [0.4, 0.5) is 123 Å². The van der Waals surface area contributed by atoms with Crippen molar-refractivity contribution in [1.82, 2.24) is 0 Å². The molecular formula is C14H2F28O3S. The summed E-state index contributed by atoms with van der Waals surface area (Å²) in [7, 11) is -9.70. The lowest BCUT2D eigenvalue weighted by atomic mass is 9.91. The molecule has 0 amide bonds. The zero-order chi connectivity index (χ0) is 38.4. The number of alkyl halides is 28. The third-order valence-corrected chi connectivity index (χ3v) is 6.40. The molecule has 0 rings (SSSR count). The van der Waals surface area contributed by atoms with Crippen molar-refractivity contribution in [3.05, 3.63) is 0 Å². The molecule has 0 aromatic carbocycles. The summed E-state index contributed by atoms with van der Waals surface area (Å²) in [6.45, 7) is -4.84. The van der Waals surface area contributed by atoms with Crippen LogP contribution in [0.5, 0.6) is 0 Å².